The smallest absolute Gasteiger partial charge is 0.259 e. The molecule has 0 atom stereocenters. The third-order valence-corrected chi connectivity index (χ3v) is 4.07. The molecule has 0 bridgehead atoms. The highest BCUT2D eigenvalue weighted by Gasteiger charge is 2.05. The Balaban J connectivity index is 1.88. The molecule has 0 aliphatic carbocycles. The highest BCUT2D eigenvalue weighted by atomic mass is 79.9. The molecule has 2 rings (SSSR count). The lowest BCUT2D eigenvalue weighted by atomic mass is 10.2. The lowest BCUT2D eigenvalue weighted by molar-refractivity contribution is -0.119. The number of nitrogens with one attached hydrogen (secondary N) is 2. The zero-order valence-electron chi connectivity index (χ0n) is 13.7. The average Bonchev–Trinajstić information content (AvgIpc) is 2.60. The van der Waals surface area contributed by atoms with Crippen molar-refractivity contribution in [2.24, 2.45) is 5.10 Å². The van der Waals surface area contributed by atoms with Crippen molar-refractivity contribution in [3.63, 3.8) is 0 Å². The van der Waals surface area contributed by atoms with Gasteiger partial charge in [-0.2, -0.15) is 5.10 Å². The molecule has 25 heavy (non-hydrogen) atoms. The van der Waals surface area contributed by atoms with Crippen molar-refractivity contribution in [2.45, 2.75) is 0 Å². The van der Waals surface area contributed by atoms with Crippen molar-refractivity contribution in [2.75, 3.05) is 26.1 Å². The van der Waals surface area contributed by atoms with Crippen LogP contribution in [0.2, 0.25) is 5.02 Å². The number of carbonyl (C=O) groups excluding carboxylic acids is 1. The molecule has 0 saturated heterocycles. The van der Waals surface area contributed by atoms with E-state index in [4.69, 9.17) is 21.1 Å². The van der Waals surface area contributed by atoms with Crippen LogP contribution in [-0.4, -0.2) is 32.9 Å². The lowest BCUT2D eigenvalue weighted by Crippen LogP contribution is -2.26. The van der Waals surface area contributed by atoms with E-state index in [9.17, 15) is 4.79 Å². The summed E-state index contributed by atoms with van der Waals surface area (Å²) in [6, 6.07) is 10.6. The van der Waals surface area contributed by atoms with Crippen molar-refractivity contribution in [3.8, 4) is 11.5 Å². The van der Waals surface area contributed by atoms with Gasteiger partial charge in [-0.1, -0.05) is 11.6 Å². The van der Waals surface area contributed by atoms with Crippen LogP contribution in [-0.2, 0) is 4.79 Å². The quantitative estimate of drug-likeness (QED) is 0.523. The van der Waals surface area contributed by atoms with E-state index in [1.165, 1.54) is 6.21 Å². The summed E-state index contributed by atoms with van der Waals surface area (Å²) in [5.74, 6) is 0.937. The van der Waals surface area contributed by atoms with Crippen molar-refractivity contribution >= 4 is 45.3 Å². The first-order valence-electron chi connectivity index (χ1n) is 7.26. The van der Waals surface area contributed by atoms with Gasteiger partial charge in [-0.25, -0.2) is 5.43 Å². The van der Waals surface area contributed by atoms with Gasteiger partial charge in [0.1, 0.15) is 0 Å². The van der Waals surface area contributed by atoms with Crippen LogP contribution in [0.15, 0.2) is 46.0 Å². The van der Waals surface area contributed by atoms with E-state index in [1.54, 1.807) is 50.6 Å². The summed E-state index contributed by atoms with van der Waals surface area (Å²) >= 11 is 9.25. The molecule has 0 aliphatic heterocycles. The molecule has 2 aromatic rings. The number of methoxy groups -OCH3 is 2. The minimum atomic E-state index is -0.279. The van der Waals surface area contributed by atoms with Crippen molar-refractivity contribution in [1.29, 1.82) is 0 Å². The van der Waals surface area contributed by atoms with E-state index >= 15 is 0 Å². The van der Waals surface area contributed by atoms with Gasteiger partial charge in [0.05, 0.1) is 27.0 Å². The summed E-state index contributed by atoms with van der Waals surface area (Å²) in [6.07, 6.45) is 1.53. The fraction of sp³-hybridized carbons (Fsp3) is 0.176. The van der Waals surface area contributed by atoms with Crippen molar-refractivity contribution in [1.82, 2.24) is 5.43 Å². The van der Waals surface area contributed by atoms with E-state index in [0.717, 1.165) is 15.7 Å². The minimum Gasteiger partial charge on any atom is -0.493 e. The second-order valence-electron chi connectivity index (χ2n) is 4.89. The maximum atomic E-state index is 11.8. The molecular formula is C17H17BrClN3O3. The molecule has 0 spiro atoms. The minimum absolute atomic E-state index is 0.0729. The zero-order chi connectivity index (χ0) is 18.2. The summed E-state index contributed by atoms with van der Waals surface area (Å²) in [7, 11) is 3.12. The van der Waals surface area contributed by atoms with Crippen LogP contribution >= 0.6 is 27.5 Å². The third-order valence-electron chi connectivity index (χ3n) is 3.18. The highest BCUT2D eigenvalue weighted by Crippen LogP contribution is 2.27. The summed E-state index contributed by atoms with van der Waals surface area (Å²) < 4.78 is 11.2. The molecule has 0 aliphatic rings. The molecule has 0 aromatic heterocycles. The molecule has 8 heteroatoms. The molecule has 6 nitrogen and oxygen atoms in total. The van der Waals surface area contributed by atoms with E-state index < -0.39 is 0 Å². The van der Waals surface area contributed by atoms with Gasteiger partial charge in [0.25, 0.3) is 5.91 Å². The molecular weight excluding hydrogens is 410 g/mol. The maximum Gasteiger partial charge on any atom is 0.259 e. The summed E-state index contributed by atoms with van der Waals surface area (Å²) in [5.41, 5.74) is 3.99. The summed E-state index contributed by atoms with van der Waals surface area (Å²) in [4.78, 5) is 11.8. The number of amides is 1. The molecule has 132 valence electrons. The average molecular weight is 427 g/mol. The van der Waals surface area contributed by atoms with E-state index in [2.05, 4.69) is 31.8 Å². The van der Waals surface area contributed by atoms with Crippen LogP contribution in [0.1, 0.15) is 5.56 Å². The summed E-state index contributed by atoms with van der Waals surface area (Å²) in [6.45, 7) is 0.0729. The van der Waals surface area contributed by atoms with Gasteiger partial charge in [0.2, 0.25) is 0 Å². The maximum absolute atomic E-state index is 11.8. The number of ether oxygens (including phenoxy) is 2. The standard InChI is InChI=1S/C17H17BrClN3O3/c1-24-15-6-3-11(7-16(15)25-2)9-21-22-17(23)10-20-14-5-4-12(19)8-13(14)18/h3-9,20H,10H2,1-2H3,(H,22,23). The van der Waals surface area contributed by atoms with Crippen LogP contribution in [0.4, 0.5) is 5.69 Å². The second-order valence-corrected chi connectivity index (χ2v) is 6.18. The van der Waals surface area contributed by atoms with Gasteiger partial charge in [-0.3, -0.25) is 4.79 Å². The molecule has 0 fully saturated rings. The summed E-state index contributed by atoms with van der Waals surface area (Å²) in [5, 5.41) is 7.53. The highest BCUT2D eigenvalue weighted by molar-refractivity contribution is 9.10. The Morgan fingerprint density at radius 2 is 1.96 bits per heavy atom. The Morgan fingerprint density at radius 3 is 2.64 bits per heavy atom. The number of hydrazone groups is 1. The fourth-order valence-electron chi connectivity index (χ4n) is 1.96. The van der Waals surface area contributed by atoms with Gasteiger partial charge in [-0.15, -0.1) is 0 Å². The predicted octanol–water partition coefficient (Wildman–Crippen LogP) is 3.68. The molecule has 2 aromatic carbocycles. The Hall–Kier alpha value is -2.25. The monoisotopic (exact) mass is 425 g/mol. The fourth-order valence-corrected chi connectivity index (χ4v) is 2.78. The number of halogens is 2. The van der Waals surface area contributed by atoms with E-state index in [1.807, 2.05) is 0 Å². The van der Waals surface area contributed by atoms with Crippen LogP contribution in [0.3, 0.4) is 0 Å². The molecule has 0 heterocycles. The largest absolute Gasteiger partial charge is 0.493 e. The van der Waals surface area contributed by atoms with Crippen LogP contribution in [0.5, 0.6) is 11.5 Å². The number of anilines is 1. The van der Waals surface area contributed by atoms with Crippen molar-refractivity contribution < 1.29 is 14.3 Å². The van der Waals surface area contributed by atoms with Crippen LogP contribution < -0.4 is 20.2 Å². The molecule has 0 radical (unpaired) electrons. The predicted molar refractivity (Wildman–Crippen MR) is 103 cm³/mol. The number of hydrogen-bond acceptors (Lipinski definition) is 5. The number of hydrogen-bond donors (Lipinski definition) is 2. The SMILES string of the molecule is COc1ccc(C=NNC(=O)CNc2ccc(Cl)cc2Br)cc1OC. The van der Waals surface area contributed by atoms with Crippen LogP contribution in [0, 0.1) is 0 Å². The van der Waals surface area contributed by atoms with Gasteiger partial charge in [-0.05, 0) is 57.9 Å². The van der Waals surface area contributed by atoms with E-state index in [-0.39, 0.29) is 12.5 Å². The Bertz CT molecular complexity index is 784. The Kier molecular flexibility index (Phi) is 7.09. The van der Waals surface area contributed by atoms with E-state index in [0.29, 0.717) is 16.5 Å². The number of carbonyl (C=O) groups is 1. The number of nitrogens with zero attached hydrogens (tertiary/aromatic N) is 1. The van der Waals surface area contributed by atoms with Gasteiger partial charge >= 0.3 is 0 Å². The van der Waals surface area contributed by atoms with Crippen LogP contribution in [0.25, 0.3) is 0 Å². The van der Waals surface area contributed by atoms with Gasteiger partial charge < -0.3 is 14.8 Å². The van der Waals surface area contributed by atoms with Gasteiger partial charge in [0, 0.05) is 15.2 Å². The first-order chi connectivity index (χ1) is 12.0. The normalized spacial score (nSPS) is 10.6. The molecule has 0 saturated carbocycles. The number of rotatable bonds is 7. The zero-order valence-corrected chi connectivity index (χ0v) is 16.0. The molecule has 2 N–H and O–H groups in total. The molecule has 0 unspecified atom stereocenters. The lowest BCUT2D eigenvalue weighted by Gasteiger charge is -2.08. The first-order valence-corrected chi connectivity index (χ1v) is 8.43. The Morgan fingerprint density at radius 1 is 1.20 bits per heavy atom. The third kappa shape index (κ3) is 5.65. The second kappa shape index (κ2) is 9.29. The first kappa shape index (κ1) is 19.1. The topological polar surface area (TPSA) is 72.0 Å². The Labute approximate surface area is 159 Å². The molecule has 1 amide bonds. The van der Waals surface area contributed by atoms with Crippen molar-refractivity contribution in [3.05, 3.63) is 51.5 Å². The number of benzene rings is 2. The van der Waals surface area contributed by atoms with Gasteiger partial charge in [0.15, 0.2) is 11.5 Å².